The van der Waals surface area contributed by atoms with E-state index in [9.17, 15) is 0 Å². The van der Waals surface area contributed by atoms with Crippen molar-refractivity contribution in [2.75, 3.05) is 46.3 Å². The summed E-state index contributed by atoms with van der Waals surface area (Å²) in [4.78, 5) is 9.26. The molecule has 1 atom stereocenters. The third kappa shape index (κ3) is 4.65. The first kappa shape index (κ1) is 13.9. The van der Waals surface area contributed by atoms with E-state index in [1.54, 1.807) is 11.3 Å². The molecule has 18 heavy (non-hydrogen) atoms. The summed E-state index contributed by atoms with van der Waals surface area (Å²) in [7, 11) is 2.20. The first-order chi connectivity index (χ1) is 8.74. The normalized spacial score (nSPS) is 20.1. The minimum atomic E-state index is 0.563. The molecule has 102 valence electrons. The number of piperazine rings is 1. The average Bonchev–Trinajstić information content (AvgIpc) is 2.85. The number of thiazole rings is 1. The van der Waals surface area contributed by atoms with Crippen LogP contribution in [0.15, 0.2) is 11.6 Å². The summed E-state index contributed by atoms with van der Waals surface area (Å²) in [6, 6.07) is 0.563. The Morgan fingerprint density at radius 3 is 2.83 bits per heavy atom. The van der Waals surface area contributed by atoms with Gasteiger partial charge in [0, 0.05) is 63.3 Å². The van der Waals surface area contributed by atoms with Gasteiger partial charge in [0.1, 0.15) is 0 Å². The van der Waals surface area contributed by atoms with Crippen LogP contribution in [0.25, 0.3) is 0 Å². The van der Waals surface area contributed by atoms with Gasteiger partial charge in [-0.1, -0.05) is 0 Å². The van der Waals surface area contributed by atoms with Gasteiger partial charge < -0.3 is 10.2 Å². The summed E-state index contributed by atoms with van der Waals surface area (Å²) in [5.74, 6) is 0. The molecule has 1 aromatic rings. The zero-order valence-corrected chi connectivity index (χ0v) is 12.2. The van der Waals surface area contributed by atoms with Crippen molar-refractivity contribution in [1.29, 1.82) is 0 Å². The Morgan fingerprint density at radius 1 is 1.39 bits per heavy atom. The third-order valence-corrected chi connectivity index (χ3v) is 4.28. The van der Waals surface area contributed by atoms with E-state index >= 15 is 0 Å². The first-order valence-electron chi connectivity index (χ1n) is 6.76. The number of likely N-dealkylation sites (N-methyl/N-ethyl adjacent to an activating group) is 1. The fourth-order valence-electron chi connectivity index (χ4n) is 2.28. The van der Waals surface area contributed by atoms with Crippen LogP contribution in [0.3, 0.4) is 0 Å². The molecule has 1 aliphatic rings. The van der Waals surface area contributed by atoms with Crippen LogP contribution < -0.4 is 5.32 Å². The number of aromatic nitrogens is 1. The molecule has 1 N–H and O–H groups in total. The van der Waals surface area contributed by atoms with E-state index in [0.717, 1.165) is 19.5 Å². The number of rotatable bonds is 6. The summed E-state index contributed by atoms with van der Waals surface area (Å²) < 4.78 is 0. The van der Waals surface area contributed by atoms with Crippen LogP contribution in [0.5, 0.6) is 0 Å². The molecule has 0 spiro atoms. The molecule has 0 unspecified atom stereocenters. The predicted molar refractivity (Wildman–Crippen MR) is 77.2 cm³/mol. The summed E-state index contributed by atoms with van der Waals surface area (Å²) in [6.45, 7) is 9.27. The fourth-order valence-corrected chi connectivity index (χ4v) is 2.90. The standard InChI is InChI=1S/C13H24N4S/c1-12(11-17-8-6-16(2)7-9-17)14-4-3-13-15-5-10-18-13/h5,10,12,14H,3-4,6-9,11H2,1-2H3/t12-/m0/s1. The molecule has 0 aliphatic carbocycles. The number of nitrogens with zero attached hydrogens (tertiary/aromatic N) is 3. The van der Waals surface area contributed by atoms with Crippen LogP contribution in [0.2, 0.25) is 0 Å². The van der Waals surface area contributed by atoms with Gasteiger partial charge in [0.05, 0.1) is 5.01 Å². The molecule has 4 nitrogen and oxygen atoms in total. The van der Waals surface area contributed by atoms with Crippen molar-refractivity contribution in [3.05, 3.63) is 16.6 Å². The van der Waals surface area contributed by atoms with Crippen LogP contribution in [0.1, 0.15) is 11.9 Å². The molecule has 1 fully saturated rings. The average molecular weight is 268 g/mol. The lowest BCUT2D eigenvalue weighted by molar-refractivity contribution is 0.144. The van der Waals surface area contributed by atoms with Gasteiger partial charge in [-0.05, 0) is 14.0 Å². The SMILES string of the molecule is C[C@@H](CN1CCN(C)CC1)NCCc1nccs1. The zero-order chi connectivity index (χ0) is 12.8. The van der Waals surface area contributed by atoms with E-state index < -0.39 is 0 Å². The van der Waals surface area contributed by atoms with E-state index in [0.29, 0.717) is 6.04 Å². The number of nitrogens with one attached hydrogen (secondary N) is 1. The molecule has 0 amide bonds. The highest BCUT2D eigenvalue weighted by molar-refractivity contribution is 7.09. The first-order valence-corrected chi connectivity index (χ1v) is 7.64. The predicted octanol–water partition coefficient (Wildman–Crippen LogP) is 0.911. The molecule has 0 radical (unpaired) electrons. The van der Waals surface area contributed by atoms with Gasteiger partial charge in [-0.15, -0.1) is 11.3 Å². The maximum atomic E-state index is 4.30. The van der Waals surface area contributed by atoms with E-state index in [4.69, 9.17) is 0 Å². The topological polar surface area (TPSA) is 31.4 Å². The van der Waals surface area contributed by atoms with Crippen molar-refractivity contribution in [2.24, 2.45) is 0 Å². The molecule has 0 aromatic carbocycles. The molecule has 1 saturated heterocycles. The van der Waals surface area contributed by atoms with Crippen molar-refractivity contribution < 1.29 is 0 Å². The summed E-state index contributed by atoms with van der Waals surface area (Å²) in [5, 5.41) is 6.87. The molecular formula is C13H24N4S. The third-order valence-electron chi connectivity index (χ3n) is 3.44. The molecule has 1 aromatic heterocycles. The van der Waals surface area contributed by atoms with Crippen LogP contribution in [0, 0.1) is 0 Å². The Kier molecular flexibility index (Phi) is 5.56. The summed E-state index contributed by atoms with van der Waals surface area (Å²) >= 11 is 1.74. The second kappa shape index (κ2) is 7.19. The van der Waals surface area contributed by atoms with Crippen molar-refractivity contribution in [1.82, 2.24) is 20.1 Å². The molecule has 1 aliphatic heterocycles. The minimum Gasteiger partial charge on any atom is -0.313 e. The number of hydrogen-bond donors (Lipinski definition) is 1. The van der Waals surface area contributed by atoms with Crippen molar-refractivity contribution in [2.45, 2.75) is 19.4 Å². The molecule has 5 heteroatoms. The number of hydrogen-bond acceptors (Lipinski definition) is 5. The molecule has 0 bridgehead atoms. The lowest BCUT2D eigenvalue weighted by atomic mass is 10.2. The van der Waals surface area contributed by atoms with Crippen molar-refractivity contribution in [3.8, 4) is 0 Å². The van der Waals surface area contributed by atoms with Gasteiger partial charge in [0.25, 0.3) is 0 Å². The van der Waals surface area contributed by atoms with Crippen LogP contribution in [-0.2, 0) is 6.42 Å². The second-order valence-corrected chi connectivity index (χ2v) is 6.11. The molecule has 0 saturated carbocycles. The highest BCUT2D eigenvalue weighted by Crippen LogP contribution is 2.04. The van der Waals surface area contributed by atoms with Crippen molar-refractivity contribution in [3.63, 3.8) is 0 Å². The van der Waals surface area contributed by atoms with Gasteiger partial charge in [0.15, 0.2) is 0 Å². The smallest absolute Gasteiger partial charge is 0.0937 e. The van der Waals surface area contributed by atoms with Crippen LogP contribution in [0.4, 0.5) is 0 Å². The molecular weight excluding hydrogens is 244 g/mol. The van der Waals surface area contributed by atoms with Gasteiger partial charge in [0.2, 0.25) is 0 Å². The maximum absolute atomic E-state index is 4.30. The van der Waals surface area contributed by atoms with E-state index in [-0.39, 0.29) is 0 Å². The van der Waals surface area contributed by atoms with E-state index in [2.05, 4.69) is 34.1 Å². The Bertz CT molecular complexity index is 320. The van der Waals surface area contributed by atoms with Crippen LogP contribution >= 0.6 is 11.3 Å². The quantitative estimate of drug-likeness (QED) is 0.831. The van der Waals surface area contributed by atoms with Gasteiger partial charge in [-0.3, -0.25) is 4.90 Å². The maximum Gasteiger partial charge on any atom is 0.0937 e. The highest BCUT2D eigenvalue weighted by Gasteiger charge is 2.15. The van der Waals surface area contributed by atoms with Crippen molar-refractivity contribution >= 4 is 11.3 Å². The van der Waals surface area contributed by atoms with Gasteiger partial charge >= 0.3 is 0 Å². The van der Waals surface area contributed by atoms with Gasteiger partial charge in [-0.2, -0.15) is 0 Å². The van der Waals surface area contributed by atoms with Crippen LogP contribution in [-0.4, -0.2) is 67.1 Å². The fraction of sp³-hybridized carbons (Fsp3) is 0.769. The minimum absolute atomic E-state index is 0.563. The zero-order valence-electron chi connectivity index (χ0n) is 11.4. The Labute approximate surface area is 114 Å². The second-order valence-electron chi connectivity index (χ2n) is 5.13. The summed E-state index contributed by atoms with van der Waals surface area (Å²) in [6.07, 6.45) is 2.93. The Balaban J connectivity index is 1.58. The monoisotopic (exact) mass is 268 g/mol. The lowest BCUT2D eigenvalue weighted by Crippen LogP contribution is -2.49. The Hall–Kier alpha value is -0.490. The molecule has 2 heterocycles. The Morgan fingerprint density at radius 2 is 2.17 bits per heavy atom. The lowest BCUT2D eigenvalue weighted by Gasteiger charge is -2.34. The van der Waals surface area contributed by atoms with Gasteiger partial charge in [-0.25, -0.2) is 4.98 Å². The highest BCUT2D eigenvalue weighted by atomic mass is 32.1. The summed E-state index contributed by atoms with van der Waals surface area (Å²) in [5.41, 5.74) is 0. The van der Waals surface area contributed by atoms with E-state index in [1.807, 2.05) is 11.6 Å². The van der Waals surface area contributed by atoms with E-state index in [1.165, 1.54) is 31.2 Å². The molecule has 2 rings (SSSR count). The largest absolute Gasteiger partial charge is 0.313 e.